The van der Waals surface area contributed by atoms with Crippen LogP contribution in [0.2, 0.25) is 10.0 Å². The molecule has 0 spiro atoms. The van der Waals surface area contributed by atoms with Crippen LogP contribution in [0.4, 0.5) is 0 Å². The number of nitrogens with zero attached hydrogens (tertiary/aromatic N) is 1. The summed E-state index contributed by atoms with van der Waals surface area (Å²) in [4.78, 5) is 37.2. The minimum Gasteiger partial charge on any atom is -0.454 e. The quantitative estimate of drug-likeness (QED) is 0.744. The molecular weight excluding hydrogens is 379 g/mol. The first-order valence-corrected chi connectivity index (χ1v) is 9.30. The zero-order chi connectivity index (χ0) is 19.1. The van der Waals surface area contributed by atoms with Crippen LogP contribution in [0.15, 0.2) is 18.2 Å². The smallest absolute Gasteiger partial charge is 0.326 e. The van der Waals surface area contributed by atoms with E-state index in [2.05, 4.69) is 5.32 Å². The molecule has 0 aromatic heterocycles. The number of nitrogens with one attached hydrogen (secondary N) is 1. The molecule has 1 aromatic carbocycles. The first kappa shape index (κ1) is 20.5. The van der Waals surface area contributed by atoms with Crippen LogP contribution >= 0.6 is 23.2 Å². The molecule has 1 aromatic rings. The fraction of sp³-hybridized carbons (Fsp3) is 0.500. The average Bonchev–Trinajstić information content (AvgIpc) is 2.77. The van der Waals surface area contributed by atoms with E-state index >= 15 is 0 Å². The van der Waals surface area contributed by atoms with Gasteiger partial charge in [0.15, 0.2) is 6.61 Å². The molecule has 1 heterocycles. The number of hydrogen-bond acceptors (Lipinski definition) is 4. The van der Waals surface area contributed by atoms with Gasteiger partial charge < -0.3 is 15.0 Å². The van der Waals surface area contributed by atoms with Gasteiger partial charge in [-0.25, -0.2) is 0 Å². The summed E-state index contributed by atoms with van der Waals surface area (Å²) >= 11 is 12.0. The fourth-order valence-corrected chi connectivity index (χ4v) is 3.34. The molecule has 2 amide bonds. The molecule has 8 heteroatoms. The monoisotopic (exact) mass is 400 g/mol. The molecular formula is C18H22Cl2N2O4. The highest BCUT2D eigenvalue weighted by atomic mass is 35.5. The van der Waals surface area contributed by atoms with Gasteiger partial charge >= 0.3 is 5.97 Å². The van der Waals surface area contributed by atoms with Crippen LogP contribution in [0.5, 0.6) is 0 Å². The van der Waals surface area contributed by atoms with Gasteiger partial charge in [-0.3, -0.25) is 14.4 Å². The zero-order valence-corrected chi connectivity index (χ0v) is 16.1. The molecule has 1 aliphatic heterocycles. The molecule has 1 saturated heterocycles. The van der Waals surface area contributed by atoms with Crippen LogP contribution in [0.25, 0.3) is 0 Å². The molecule has 142 valence electrons. The van der Waals surface area contributed by atoms with E-state index < -0.39 is 18.5 Å². The van der Waals surface area contributed by atoms with Gasteiger partial charge in [0.1, 0.15) is 6.54 Å². The third-order valence-corrected chi connectivity index (χ3v) is 4.72. The van der Waals surface area contributed by atoms with Crippen LogP contribution in [-0.4, -0.2) is 42.4 Å². The summed E-state index contributed by atoms with van der Waals surface area (Å²) in [6.45, 7) is 1.79. The SMILES string of the molecule is CC(NC(=O)COC(=O)CN1CCCCCC1=O)c1ccc(Cl)cc1Cl. The summed E-state index contributed by atoms with van der Waals surface area (Å²) in [5.74, 6) is -1.08. The molecule has 6 nitrogen and oxygen atoms in total. The second-order valence-electron chi connectivity index (χ2n) is 6.24. The Bertz CT molecular complexity index is 681. The summed E-state index contributed by atoms with van der Waals surface area (Å²) in [5, 5.41) is 3.66. The van der Waals surface area contributed by atoms with E-state index in [1.165, 1.54) is 4.90 Å². The minimum absolute atomic E-state index is 0.0464. The number of amides is 2. The lowest BCUT2D eigenvalue weighted by atomic mass is 10.1. The predicted octanol–water partition coefficient (Wildman–Crippen LogP) is 3.12. The maximum Gasteiger partial charge on any atom is 0.326 e. The zero-order valence-electron chi connectivity index (χ0n) is 14.6. The number of rotatable bonds is 6. The Labute approximate surface area is 162 Å². The van der Waals surface area contributed by atoms with E-state index in [9.17, 15) is 14.4 Å². The number of carbonyl (C=O) groups excluding carboxylic acids is 3. The molecule has 0 bridgehead atoms. The molecule has 1 N–H and O–H groups in total. The van der Waals surface area contributed by atoms with Crippen molar-refractivity contribution < 1.29 is 19.1 Å². The topological polar surface area (TPSA) is 75.7 Å². The van der Waals surface area contributed by atoms with Crippen LogP contribution in [-0.2, 0) is 19.1 Å². The molecule has 0 radical (unpaired) electrons. The van der Waals surface area contributed by atoms with Gasteiger partial charge in [0.25, 0.3) is 5.91 Å². The van der Waals surface area contributed by atoms with Crippen molar-refractivity contribution in [2.75, 3.05) is 19.7 Å². The highest BCUT2D eigenvalue weighted by molar-refractivity contribution is 6.35. The first-order chi connectivity index (χ1) is 12.4. The molecule has 1 unspecified atom stereocenters. The van der Waals surface area contributed by atoms with Gasteiger partial charge in [0.2, 0.25) is 5.91 Å². The summed E-state index contributed by atoms with van der Waals surface area (Å²) in [6, 6.07) is 4.65. The number of hydrogen-bond donors (Lipinski definition) is 1. The van der Waals surface area contributed by atoms with Crippen LogP contribution in [0.1, 0.15) is 44.2 Å². The molecule has 0 aliphatic carbocycles. The second-order valence-corrected chi connectivity index (χ2v) is 7.09. The Balaban J connectivity index is 1.78. The van der Waals surface area contributed by atoms with Crippen molar-refractivity contribution in [1.82, 2.24) is 10.2 Å². The van der Waals surface area contributed by atoms with Gasteiger partial charge in [-0.15, -0.1) is 0 Å². The number of benzene rings is 1. The van der Waals surface area contributed by atoms with Crippen molar-refractivity contribution in [2.45, 2.75) is 38.6 Å². The lowest BCUT2D eigenvalue weighted by Gasteiger charge is -2.19. The van der Waals surface area contributed by atoms with Gasteiger partial charge in [0, 0.05) is 23.0 Å². The van der Waals surface area contributed by atoms with Crippen molar-refractivity contribution in [3.05, 3.63) is 33.8 Å². The third kappa shape index (κ3) is 6.18. The lowest BCUT2D eigenvalue weighted by Crippen LogP contribution is -2.37. The predicted molar refractivity (Wildman–Crippen MR) is 99.0 cm³/mol. The van der Waals surface area contributed by atoms with Crippen LogP contribution in [0.3, 0.4) is 0 Å². The normalized spacial score (nSPS) is 16.0. The molecule has 0 saturated carbocycles. The Morgan fingerprint density at radius 2 is 2.04 bits per heavy atom. The highest BCUT2D eigenvalue weighted by Gasteiger charge is 2.21. The highest BCUT2D eigenvalue weighted by Crippen LogP contribution is 2.25. The van der Waals surface area contributed by atoms with Crippen LogP contribution in [0, 0.1) is 0 Å². The van der Waals surface area contributed by atoms with Crippen LogP contribution < -0.4 is 5.32 Å². The molecule has 1 fully saturated rings. The average molecular weight is 401 g/mol. The third-order valence-electron chi connectivity index (χ3n) is 4.16. The maximum atomic E-state index is 12.0. The summed E-state index contributed by atoms with van der Waals surface area (Å²) in [6.07, 6.45) is 3.15. The Hall–Kier alpha value is -1.79. The Kier molecular flexibility index (Phi) is 7.72. The van der Waals surface area contributed by atoms with Crippen molar-refractivity contribution in [3.8, 4) is 0 Å². The van der Waals surface area contributed by atoms with E-state index in [1.54, 1.807) is 25.1 Å². The van der Waals surface area contributed by atoms with E-state index in [0.717, 1.165) is 19.3 Å². The Morgan fingerprint density at radius 1 is 1.27 bits per heavy atom. The van der Waals surface area contributed by atoms with Crippen molar-refractivity contribution in [2.24, 2.45) is 0 Å². The largest absolute Gasteiger partial charge is 0.454 e. The lowest BCUT2D eigenvalue weighted by molar-refractivity contribution is -0.152. The van der Waals surface area contributed by atoms with E-state index in [0.29, 0.717) is 28.6 Å². The summed E-state index contributed by atoms with van der Waals surface area (Å²) < 4.78 is 4.98. The minimum atomic E-state index is -0.590. The van der Waals surface area contributed by atoms with E-state index in [4.69, 9.17) is 27.9 Å². The second kappa shape index (κ2) is 9.78. The van der Waals surface area contributed by atoms with Gasteiger partial charge in [-0.2, -0.15) is 0 Å². The maximum absolute atomic E-state index is 12.0. The molecule has 2 rings (SSSR count). The van der Waals surface area contributed by atoms with Gasteiger partial charge in [-0.05, 0) is 37.5 Å². The first-order valence-electron chi connectivity index (χ1n) is 8.54. The standard InChI is InChI=1S/C18H22Cl2N2O4/c1-12(14-7-6-13(19)9-15(14)20)21-16(23)11-26-18(25)10-22-8-4-2-3-5-17(22)24/h6-7,9,12H,2-5,8,10-11H2,1H3,(H,21,23). The number of esters is 1. The van der Waals surface area contributed by atoms with Crippen molar-refractivity contribution in [1.29, 1.82) is 0 Å². The Morgan fingerprint density at radius 3 is 2.77 bits per heavy atom. The number of ether oxygens (including phenoxy) is 1. The number of carbonyl (C=O) groups is 3. The van der Waals surface area contributed by atoms with E-state index in [1.807, 2.05) is 0 Å². The summed E-state index contributed by atoms with van der Waals surface area (Å²) in [5.41, 5.74) is 0.714. The van der Waals surface area contributed by atoms with Gasteiger partial charge in [-0.1, -0.05) is 35.7 Å². The van der Waals surface area contributed by atoms with Gasteiger partial charge in [0.05, 0.1) is 6.04 Å². The molecule has 1 aliphatic rings. The number of likely N-dealkylation sites (tertiary alicyclic amines) is 1. The van der Waals surface area contributed by atoms with E-state index in [-0.39, 0.29) is 18.5 Å². The molecule has 1 atom stereocenters. The number of halogens is 2. The van der Waals surface area contributed by atoms with Crippen molar-refractivity contribution in [3.63, 3.8) is 0 Å². The summed E-state index contributed by atoms with van der Waals surface area (Å²) in [7, 11) is 0. The molecule has 26 heavy (non-hydrogen) atoms. The van der Waals surface area contributed by atoms with Crippen molar-refractivity contribution >= 4 is 41.0 Å². The fourth-order valence-electron chi connectivity index (χ4n) is 2.77.